The van der Waals surface area contributed by atoms with E-state index in [9.17, 15) is 29.3 Å². The zero-order valence-corrected chi connectivity index (χ0v) is 17.6. The van der Waals surface area contributed by atoms with Gasteiger partial charge in [-0.15, -0.1) is 0 Å². The standard InChI is InChI=1S/C19H14ClF5N2O4S/c1-30-12-3-5-16(14(8-12)19(28)29)27-11-2-7-18(26-10-11)31-17-6-4-13(9-15(17)20)32(21,22,23,24)25/h2-10,27H,1H3,(H,28,29). The molecule has 0 aliphatic carbocycles. The summed E-state index contributed by atoms with van der Waals surface area (Å²) in [5, 5.41) is 11.5. The lowest BCUT2D eigenvalue weighted by Crippen LogP contribution is -2.06. The summed E-state index contributed by atoms with van der Waals surface area (Å²) in [4.78, 5) is 13.2. The first-order chi connectivity index (χ1) is 14.7. The van der Waals surface area contributed by atoms with E-state index in [4.69, 9.17) is 21.1 Å². The third-order valence-electron chi connectivity index (χ3n) is 4.04. The third kappa shape index (κ3) is 5.51. The first-order valence-corrected chi connectivity index (χ1v) is 10.8. The normalized spacial score (nSPS) is 13.6. The zero-order chi connectivity index (χ0) is 23.8. The number of aromatic nitrogens is 1. The van der Waals surface area contributed by atoms with Gasteiger partial charge in [0.15, 0.2) is 0 Å². The largest absolute Gasteiger partial charge is 0.497 e. The molecular formula is C19H14ClF5N2O4S. The number of carbonyl (C=O) groups is 1. The Kier molecular flexibility index (Phi) is 5.43. The lowest BCUT2D eigenvalue weighted by Gasteiger charge is -2.40. The molecule has 2 aromatic carbocycles. The molecule has 6 nitrogen and oxygen atoms in total. The average molecular weight is 497 g/mol. The van der Waals surface area contributed by atoms with Crippen molar-refractivity contribution in [2.45, 2.75) is 4.90 Å². The Morgan fingerprint density at radius 2 is 1.78 bits per heavy atom. The van der Waals surface area contributed by atoms with Crippen LogP contribution >= 0.6 is 21.8 Å². The SMILES string of the molecule is COc1ccc(Nc2ccc(Oc3ccc(S(F)(F)(F)(F)F)cc3Cl)nc2)c(C(=O)O)c1. The summed E-state index contributed by atoms with van der Waals surface area (Å²) in [6.45, 7) is 0. The van der Waals surface area contributed by atoms with Gasteiger partial charge in [0.1, 0.15) is 16.4 Å². The number of nitrogens with one attached hydrogen (secondary N) is 1. The maximum Gasteiger partial charge on any atom is 0.337 e. The molecule has 3 aromatic rings. The minimum Gasteiger partial charge on any atom is -0.497 e. The summed E-state index contributed by atoms with van der Waals surface area (Å²) in [7, 11) is -8.47. The minimum atomic E-state index is -9.87. The van der Waals surface area contributed by atoms with E-state index in [1.165, 1.54) is 37.6 Å². The van der Waals surface area contributed by atoms with Crippen LogP contribution in [0.4, 0.5) is 30.8 Å². The maximum atomic E-state index is 12.9. The second kappa shape index (κ2) is 7.41. The van der Waals surface area contributed by atoms with E-state index in [0.717, 1.165) is 0 Å². The number of anilines is 2. The van der Waals surface area contributed by atoms with Crippen LogP contribution in [-0.4, -0.2) is 23.2 Å². The first-order valence-electron chi connectivity index (χ1n) is 8.52. The highest BCUT2D eigenvalue weighted by Crippen LogP contribution is 3.02. The lowest BCUT2D eigenvalue weighted by molar-refractivity contribution is 0.0697. The lowest BCUT2D eigenvalue weighted by atomic mass is 10.1. The van der Waals surface area contributed by atoms with Crippen molar-refractivity contribution >= 4 is 39.2 Å². The van der Waals surface area contributed by atoms with Gasteiger partial charge in [-0.3, -0.25) is 0 Å². The van der Waals surface area contributed by atoms with Crippen LogP contribution in [-0.2, 0) is 0 Å². The van der Waals surface area contributed by atoms with Crippen molar-refractivity contribution in [1.29, 1.82) is 0 Å². The number of methoxy groups -OCH3 is 1. The van der Waals surface area contributed by atoms with Gasteiger partial charge in [-0.1, -0.05) is 31.0 Å². The maximum absolute atomic E-state index is 12.9. The van der Waals surface area contributed by atoms with Gasteiger partial charge in [0.05, 0.1) is 35.3 Å². The average Bonchev–Trinajstić information content (AvgIpc) is 2.69. The van der Waals surface area contributed by atoms with Crippen LogP contribution in [0.25, 0.3) is 0 Å². The smallest absolute Gasteiger partial charge is 0.337 e. The van der Waals surface area contributed by atoms with Gasteiger partial charge in [-0.25, -0.2) is 9.78 Å². The quantitative estimate of drug-likeness (QED) is 0.327. The van der Waals surface area contributed by atoms with Gasteiger partial charge in [-0.05, 0) is 42.5 Å². The molecule has 172 valence electrons. The second-order valence-electron chi connectivity index (χ2n) is 6.39. The highest BCUT2D eigenvalue weighted by molar-refractivity contribution is 8.45. The van der Waals surface area contributed by atoms with Gasteiger partial charge in [0.25, 0.3) is 0 Å². The fourth-order valence-electron chi connectivity index (χ4n) is 2.52. The Balaban J connectivity index is 1.79. The number of hydrogen-bond donors (Lipinski definition) is 2. The van der Waals surface area contributed by atoms with Crippen LogP contribution in [0, 0.1) is 0 Å². The van der Waals surface area contributed by atoms with Gasteiger partial charge in [0, 0.05) is 6.07 Å². The predicted octanol–water partition coefficient (Wildman–Crippen LogP) is 7.64. The molecule has 0 saturated carbocycles. The van der Waals surface area contributed by atoms with E-state index in [2.05, 4.69) is 10.3 Å². The number of benzene rings is 2. The number of rotatable bonds is 7. The first kappa shape index (κ1) is 23.4. The Bertz CT molecular complexity index is 1190. The third-order valence-corrected chi connectivity index (χ3v) is 5.48. The van der Waals surface area contributed by atoms with E-state index in [0.29, 0.717) is 17.5 Å². The number of hydrogen-bond acceptors (Lipinski definition) is 5. The minimum absolute atomic E-state index is 0.0551. The highest BCUT2D eigenvalue weighted by atomic mass is 35.5. The van der Waals surface area contributed by atoms with E-state index in [-0.39, 0.29) is 35.0 Å². The Labute approximate surface area is 183 Å². The summed E-state index contributed by atoms with van der Waals surface area (Å²) in [6, 6.07) is 8.08. The fraction of sp³-hybridized carbons (Fsp3) is 0.0526. The van der Waals surface area contributed by atoms with Gasteiger partial charge >= 0.3 is 16.2 Å². The summed E-state index contributed by atoms with van der Waals surface area (Å²) in [5.41, 5.74) is 0.566. The molecular weight excluding hydrogens is 483 g/mol. The molecule has 0 aliphatic heterocycles. The number of ether oxygens (including phenoxy) is 2. The monoisotopic (exact) mass is 496 g/mol. The van der Waals surface area contributed by atoms with Crippen molar-refractivity contribution in [2.75, 3.05) is 12.4 Å². The predicted molar refractivity (Wildman–Crippen MR) is 110 cm³/mol. The molecule has 0 aliphatic rings. The van der Waals surface area contributed by atoms with Crippen molar-refractivity contribution in [2.24, 2.45) is 0 Å². The summed E-state index contributed by atoms with van der Waals surface area (Å²) in [6.07, 6.45) is 1.27. The Morgan fingerprint density at radius 3 is 2.31 bits per heavy atom. The van der Waals surface area contributed by atoms with Crippen LogP contribution in [0.15, 0.2) is 59.6 Å². The summed E-state index contributed by atoms with van der Waals surface area (Å²) in [5.74, 6) is -1.24. The van der Waals surface area contributed by atoms with E-state index >= 15 is 0 Å². The fourth-order valence-corrected chi connectivity index (χ4v) is 3.47. The second-order valence-corrected chi connectivity index (χ2v) is 9.21. The van der Waals surface area contributed by atoms with Crippen molar-refractivity contribution in [1.82, 2.24) is 4.98 Å². The Hall–Kier alpha value is -3.25. The molecule has 0 spiro atoms. The number of halogens is 6. The van der Waals surface area contributed by atoms with Crippen LogP contribution < -0.4 is 14.8 Å². The molecule has 32 heavy (non-hydrogen) atoms. The molecule has 0 unspecified atom stereocenters. The van der Waals surface area contributed by atoms with E-state index in [1.54, 1.807) is 6.07 Å². The number of aromatic carboxylic acids is 1. The van der Waals surface area contributed by atoms with Crippen molar-refractivity contribution in [3.8, 4) is 17.4 Å². The molecule has 0 radical (unpaired) electrons. The van der Waals surface area contributed by atoms with E-state index in [1.807, 2.05) is 0 Å². The molecule has 0 atom stereocenters. The molecule has 2 N–H and O–H groups in total. The molecule has 1 heterocycles. The number of carboxylic acid groups (broad SMARTS) is 1. The number of pyridine rings is 1. The van der Waals surface area contributed by atoms with Crippen LogP contribution in [0.3, 0.4) is 0 Å². The topological polar surface area (TPSA) is 80.7 Å². The van der Waals surface area contributed by atoms with Gasteiger partial charge in [0.2, 0.25) is 5.88 Å². The van der Waals surface area contributed by atoms with Gasteiger partial charge in [-0.2, -0.15) is 0 Å². The van der Waals surface area contributed by atoms with E-state index < -0.39 is 26.1 Å². The van der Waals surface area contributed by atoms with Crippen LogP contribution in [0.2, 0.25) is 5.02 Å². The molecule has 13 heteroatoms. The van der Waals surface area contributed by atoms with Crippen molar-refractivity contribution < 1.29 is 38.8 Å². The molecule has 0 amide bonds. The van der Waals surface area contributed by atoms with Gasteiger partial charge < -0.3 is 19.9 Å². The Morgan fingerprint density at radius 1 is 1.06 bits per heavy atom. The molecule has 0 saturated heterocycles. The zero-order valence-electron chi connectivity index (χ0n) is 16.0. The summed E-state index contributed by atoms with van der Waals surface area (Å²) < 4.78 is 74.6. The van der Waals surface area contributed by atoms with Crippen molar-refractivity contribution in [3.63, 3.8) is 0 Å². The highest BCUT2D eigenvalue weighted by Gasteiger charge is 2.65. The molecule has 1 aromatic heterocycles. The number of carboxylic acids is 1. The number of nitrogens with zero attached hydrogens (tertiary/aromatic N) is 1. The molecule has 0 fully saturated rings. The van der Waals surface area contributed by atoms with Crippen molar-refractivity contribution in [3.05, 3.63) is 65.3 Å². The molecule has 0 bridgehead atoms. The summed E-state index contributed by atoms with van der Waals surface area (Å²) >= 11 is 5.67. The molecule has 3 rings (SSSR count). The van der Waals surface area contributed by atoms with Crippen LogP contribution in [0.5, 0.6) is 17.4 Å². The van der Waals surface area contributed by atoms with Crippen LogP contribution in [0.1, 0.15) is 10.4 Å².